The monoisotopic (exact) mass is 324 g/mol. The van der Waals surface area contributed by atoms with Crippen molar-refractivity contribution in [2.24, 2.45) is 5.73 Å². The molecule has 0 bridgehead atoms. The molecule has 6 heteroatoms. The molecule has 1 heterocycles. The summed E-state index contributed by atoms with van der Waals surface area (Å²) in [4.78, 5) is 27.7. The Morgan fingerprint density at radius 2 is 1.96 bits per heavy atom. The maximum absolute atomic E-state index is 12.3. The number of fused-ring (bicyclic) bond motifs is 1. The fraction of sp³-hybridized carbons (Fsp3) is 0.278. The number of anilines is 1. The highest BCUT2D eigenvalue weighted by Crippen LogP contribution is 2.19. The molecule has 0 radical (unpaired) electrons. The maximum atomic E-state index is 12.3. The highest BCUT2D eigenvalue weighted by atomic mass is 16.2. The summed E-state index contributed by atoms with van der Waals surface area (Å²) in [5.74, 6) is -0.198. The minimum Gasteiger partial charge on any atom is -0.351 e. The highest BCUT2D eigenvalue weighted by molar-refractivity contribution is 5.92. The molecule has 0 unspecified atom stereocenters. The number of aryl methyl sites for hydroxylation is 2. The number of carbonyl (C=O) groups excluding carboxylic acids is 2. The highest BCUT2D eigenvalue weighted by Gasteiger charge is 2.14. The van der Waals surface area contributed by atoms with Crippen molar-refractivity contribution in [2.45, 2.75) is 32.2 Å². The number of amides is 3. The summed E-state index contributed by atoms with van der Waals surface area (Å²) in [6.45, 7) is 0.353. The van der Waals surface area contributed by atoms with E-state index in [1.807, 2.05) is 12.1 Å². The Labute approximate surface area is 140 Å². The molecule has 4 N–H and O–H groups in total. The van der Waals surface area contributed by atoms with Gasteiger partial charge in [0.2, 0.25) is 0 Å². The van der Waals surface area contributed by atoms with Gasteiger partial charge in [0.05, 0.1) is 0 Å². The van der Waals surface area contributed by atoms with E-state index >= 15 is 0 Å². The summed E-state index contributed by atoms with van der Waals surface area (Å²) in [5.41, 5.74) is 9.31. The molecular weight excluding hydrogens is 304 g/mol. The Hall–Kier alpha value is -2.89. The van der Waals surface area contributed by atoms with Crippen LogP contribution in [0.4, 0.5) is 10.5 Å². The van der Waals surface area contributed by atoms with Crippen molar-refractivity contribution in [1.82, 2.24) is 10.3 Å². The average Bonchev–Trinajstić information content (AvgIpc) is 2.59. The van der Waals surface area contributed by atoms with Gasteiger partial charge in [-0.1, -0.05) is 18.2 Å². The number of nitrogens with one attached hydrogen (secondary N) is 2. The molecule has 0 saturated heterocycles. The zero-order valence-corrected chi connectivity index (χ0v) is 13.3. The van der Waals surface area contributed by atoms with E-state index in [1.165, 1.54) is 12.0 Å². The Bertz CT molecular complexity index is 773. The summed E-state index contributed by atoms with van der Waals surface area (Å²) in [5, 5.41) is 5.37. The molecule has 24 heavy (non-hydrogen) atoms. The number of carbonyl (C=O) groups is 2. The van der Waals surface area contributed by atoms with Crippen molar-refractivity contribution in [2.75, 3.05) is 5.32 Å². The zero-order chi connectivity index (χ0) is 16.9. The lowest BCUT2D eigenvalue weighted by atomic mass is 9.96. The minimum absolute atomic E-state index is 0.198. The number of rotatable bonds is 4. The molecule has 0 saturated carbocycles. The Morgan fingerprint density at radius 3 is 2.79 bits per heavy atom. The van der Waals surface area contributed by atoms with Gasteiger partial charge in [0.1, 0.15) is 5.69 Å². The van der Waals surface area contributed by atoms with Gasteiger partial charge in [-0.05, 0) is 55.0 Å². The second-order valence-corrected chi connectivity index (χ2v) is 5.88. The molecule has 3 rings (SSSR count). The van der Waals surface area contributed by atoms with Gasteiger partial charge < -0.3 is 16.4 Å². The summed E-state index contributed by atoms with van der Waals surface area (Å²) < 4.78 is 0. The zero-order valence-electron chi connectivity index (χ0n) is 13.3. The van der Waals surface area contributed by atoms with Crippen LogP contribution >= 0.6 is 0 Å². The lowest BCUT2D eigenvalue weighted by Crippen LogP contribution is -2.25. The van der Waals surface area contributed by atoms with Crippen LogP contribution in [-0.2, 0) is 19.4 Å². The van der Waals surface area contributed by atoms with Gasteiger partial charge in [-0.15, -0.1) is 0 Å². The Balaban J connectivity index is 1.64. The molecule has 0 fully saturated rings. The molecule has 1 aliphatic rings. The van der Waals surface area contributed by atoms with E-state index in [2.05, 4.69) is 15.6 Å². The third-order valence-electron chi connectivity index (χ3n) is 4.06. The van der Waals surface area contributed by atoms with Crippen LogP contribution in [0.1, 0.15) is 40.2 Å². The Kier molecular flexibility index (Phi) is 4.74. The van der Waals surface area contributed by atoms with Gasteiger partial charge in [-0.2, -0.15) is 0 Å². The number of urea groups is 1. The smallest absolute Gasteiger partial charge is 0.316 e. The first-order valence-electron chi connectivity index (χ1n) is 8.04. The van der Waals surface area contributed by atoms with Crippen molar-refractivity contribution < 1.29 is 9.59 Å². The van der Waals surface area contributed by atoms with Crippen molar-refractivity contribution in [3.05, 3.63) is 58.9 Å². The largest absolute Gasteiger partial charge is 0.351 e. The molecule has 124 valence electrons. The summed E-state index contributed by atoms with van der Waals surface area (Å²) in [6, 6.07) is 10.3. The lowest BCUT2D eigenvalue weighted by Gasteiger charge is -2.15. The van der Waals surface area contributed by atoms with Crippen LogP contribution in [0.15, 0.2) is 36.4 Å². The van der Waals surface area contributed by atoms with E-state index in [-0.39, 0.29) is 5.91 Å². The van der Waals surface area contributed by atoms with Gasteiger partial charge in [0, 0.05) is 17.9 Å². The third kappa shape index (κ3) is 3.90. The molecule has 1 aromatic heterocycles. The predicted molar refractivity (Wildman–Crippen MR) is 91.7 cm³/mol. The van der Waals surface area contributed by atoms with E-state index in [9.17, 15) is 9.59 Å². The summed E-state index contributed by atoms with van der Waals surface area (Å²) in [7, 11) is 0. The molecule has 6 nitrogen and oxygen atoms in total. The predicted octanol–water partition coefficient (Wildman–Crippen LogP) is 2.38. The molecule has 0 spiro atoms. The number of aromatic nitrogens is 1. The van der Waals surface area contributed by atoms with Crippen LogP contribution in [0.5, 0.6) is 0 Å². The van der Waals surface area contributed by atoms with Crippen molar-refractivity contribution in [1.29, 1.82) is 0 Å². The van der Waals surface area contributed by atoms with Crippen LogP contribution in [-0.4, -0.2) is 16.9 Å². The third-order valence-corrected chi connectivity index (χ3v) is 4.06. The topological polar surface area (TPSA) is 97.1 Å². The van der Waals surface area contributed by atoms with Crippen molar-refractivity contribution >= 4 is 17.6 Å². The van der Waals surface area contributed by atoms with Crippen molar-refractivity contribution in [3.8, 4) is 0 Å². The summed E-state index contributed by atoms with van der Waals surface area (Å²) in [6.07, 6.45) is 4.31. The SMILES string of the molecule is NC(=O)Nc1cccc(CNC(=O)c2ccc3c(n2)CCCC3)c1. The summed E-state index contributed by atoms with van der Waals surface area (Å²) >= 11 is 0. The normalized spacial score (nSPS) is 13.0. The second-order valence-electron chi connectivity index (χ2n) is 5.88. The standard InChI is InChI=1S/C18H20N4O2/c19-18(24)21-14-6-3-4-12(10-14)11-20-17(23)16-9-8-13-5-1-2-7-15(13)22-16/h3-4,6,8-10H,1-2,5,7,11H2,(H,20,23)(H3,19,21,24). The first kappa shape index (κ1) is 16.0. The second kappa shape index (κ2) is 7.12. The molecule has 0 atom stereocenters. The van der Waals surface area contributed by atoms with Crippen LogP contribution in [0.2, 0.25) is 0 Å². The quantitative estimate of drug-likeness (QED) is 0.805. The number of nitrogens with zero attached hydrogens (tertiary/aromatic N) is 1. The van der Waals surface area contributed by atoms with E-state index in [0.29, 0.717) is 17.9 Å². The van der Waals surface area contributed by atoms with Gasteiger partial charge in [-0.3, -0.25) is 4.79 Å². The average molecular weight is 324 g/mol. The van der Waals surface area contributed by atoms with E-state index in [4.69, 9.17) is 5.73 Å². The molecular formula is C18H20N4O2. The van der Waals surface area contributed by atoms with Gasteiger partial charge in [0.25, 0.3) is 5.91 Å². The molecule has 3 amide bonds. The number of pyridine rings is 1. The molecule has 1 aliphatic carbocycles. The number of hydrogen-bond donors (Lipinski definition) is 3. The van der Waals surface area contributed by atoms with Gasteiger partial charge in [0.15, 0.2) is 0 Å². The minimum atomic E-state index is -0.616. The molecule has 2 aromatic rings. The van der Waals surface area contributed by atoms with E-state index < -0.39 is 6.03 Å². The fourth-order valence-electron chi connectivity index (χ4n) is 2.88. The first-order valence-corrected chi connectivity index (χ1v) is 8.04. The number of benzene rings is 1. The van der Waals surface area contributed by atoms with Crippen LogP contribution in [0.3, 0.4) is 0 Å². The van der Waals surface area contributed by atoms with Crippen LogP contribution in [0, 0.1) is 0 Å². The van der Waals surface area contributed by atoms with Crippen LogP contribution in [0.25, 0.3) is 0 Å². The molecule has 0 aliphatic heterocycles. The maximum Gasteiger partial charge on any atom is 0.316 e. The van der Waals surface area contributed by atoms with E-state index in [1.54, 1.807) is 24.3 Å². The van der Waals surface area contributed by atoms with Crippen molar-refractivity contribution in [3.63, 3.8) is 0 Å². The first-order chi connectivity index (χ1) is 11.6. The van der Waals surface area contributed by atoms with E-state index in [0.717, 1.165) is 30.5 Å². The number of nitrogens with two attached hydrogens (primary N) is 1. The number of hydrogen-bond acceptors (Lipinski definition) is 3. The van der Waals surface area contributed by atoms with Crippen LogP contribution < -0.4 is 16.4 Å². The molecule has 1 aromatic carbocycles. The van der Waals surface area contributed by atoms with Gasteiger partial charge >= 0.3 is 6.03 Å². The van der Waals surface area contributed by atoms with Gasteiger partial charge in [-0.25, -0.2) is 9.78 Å². The Morgan fingerprint density at radius 1 is 1.12 bits per heavy atom. The lowest BCUT2D eigenvalue weighted by molar-refractivity contribution is 0.0945. The number of primary amides is 1. The fourth-order valence-corrected chi connectivity index (χ4v) is 2.88.